The monoisotopic (exact) mass is 440 g/mol. The largest absolute Gasteiger partial charge is 0.451 e. The number of hydrogen-bond acceptors (Lipinski definition) is 5. The Kier molecular flexibility index (Phi) is 6.60. The Morgan fingerprint density at radius 1 is 1.00 bits per heavy atom. The molecule has 31 heavy (non-hydrogen) atoms. The molecule has 0 heterocycles. The number of esters is 1. The molecule has 3 aromatic carbocycles. The van der Waals surface area contributed by atoms with Gasteiger partial charge in [-0.05, 0) is 36.9 Å². The normalized spacial score (nSPS) is 12.2. The lowest BCUT2D eigenvalue weighted by Crippen LogP contribution is -2.39. The highest BCUT2D eigenvalue weighted by Crippen LogP contribution is 2.24. The summed E-state index contributed by atoms with van der Waals surface area (Å²) in [6.07, 6.45) is -0.0895. The second kappa shape index (κ2) is 9.18. The quantitative estimate of drug-likeness (QED) is 0.568. The van der Waals surface area contributed by atoms with Crippen molar-refractivity contribution in [2.24, 2.45) is 0 Å². The van der Waals surface area contributed by atoms with Crippen LogP contribution < -0.4 is 9.62 Å². The predicted octanol–water partition coefficient (Wildman–Crippen LogP) is 3.48. The number of rotatable bonds is 7. The number of sulfonamides is 1. The molecule has 1 amide bonds. The molecule has 0 aliphatic rings. The lowest BCUT2D eigenvalue weighted by molar-refractivity contribution is -0.151. The van der Waals surface area contributed by atoms with E-state index < -0.39 is 34.5 Å². The van der Waals surface area contributed by atoms with E-state index in [9.17, 15) is 18.0 Å². The first-order valence-corrected chi connectivity index (χ1v) is 11.5. The van der Waals surface area contributed by atoms with E-state index in [-0.39, 0.29) is 0 Å². The second-order valence-electron chi connectivity index (χ2n) is 7.20. The van der Waals surface area contributed by atoms with Gasteiger partial charge in [0.05, 0.1) is 11.9 Å². The van der Waals surface area contributed by atoms with Crippen LogP contribution in [-0.4, -0.2) is 39.2 Å². The molecule has 3 aromatic rings. The molecule has 1 unspecified atom stereocenters. The molecule has 1 N–H and O–H groups in total. The van der Waals surface area contributed by atoms with Crippen LogP contribution in [0, 0.1) is 6.92 Å². The molecular formula is C23H24N2O5S. The number of fused-ring (bicyclic) bond motifs is 1. The number of hydrogen-bond donors (Lipinski definition) is 1. The first-order chi connectivity index (χ1) is 14.7. The van der Waals surface area contributed by atoms with Crippen LogP contribution in [0.2, 0.25) is 0 Å². The Labute approximate surface area is 181 Å². The topological polar surface area (TPSA) is 92.8 Å². The summed E-state index contributed by atoms with van der Waals surface area (Å²) in [4.78, 5) is 25.0. The van der Waals surface area contributed by atoms with Crippen molar-refractivity contribution in [1.29, 1.82) is 0 Å². The van der Waals surface area contributed by atoms with E-state index in [1.165, 1.54) is 6.92 Å². The zero-order valence-corrected chi connectivity index (χ0v) is 18.3. The van der Waals surface area contributed by atoms with E-state index >= 15 is 0 Å². The molecule has 0 spiro atoms. The van der Waals surface area contributed by atoms with E-state index in [0.29, 0.717) is 16.9 Å². The van der Waals surface area contributed by atoms with Gasteiger partial charge in [0.2, 0.25) is 10.0 Å². The third kappa shape index (κ3) is 5.40. The van der Waals surface area contributed by atoms with Crippen LogP contribution in [0.5, 0.6) is 0 Å². The van der Waals surface area contributed by atoms with Crippen molar-refractivity contribution in [1.82, 2.24) is 0 Å². The highest BCUT2D eigenvalue weighted by atomic mass is 32.2. The lowest BCUT2D eigenvalue weighted by Gasteiger charge is -2.24. The van der Waals surface area contributed by atoms with Crippen LogP contribution in [0.25, 0.3) is 10.8 Å². The van der Waals surface area contributed by atoms with Crippen molar-refractivity contribution < 1.29 is 22.7 Å². The van der Waals surface area contributed by atoms with Gasteiger partial charge in [-0.3, -0.25) is 13.9 Å². The summed E-state index contributed by atoms with van der Waals surface area (Å²) in [6, 6.07) is 19.9. The standard InChI is InChI=1S/C23H24N2O5S/c1-16-9-4-7-14-21(16)25(31(3,28)29)15-22(26)30-17(2)23(27)24-20-13-8-11-18-10-5-6-12-19(18)20/h4-14,17H,15H2,1-3H3,(H,24,27). The first-order valence-electron chi connectivity index (χ1n) is 9.68. The second-order valence-corrected chi connectivity index (χ2v) is 9.11. The molecular weight excluding hydrogens is 416 g/mol. The molecule has 3 rings (SSSR count). The fourth-order valence-corrected chi connectivity index (χ4v) is 4.10. The number of amides is 1. The van der Waals surface area contributed by atoms with E-state index in [1.807, 2.05) is 36.4 Å². The predicted molar refractivity (Wildman–Crippen MR) is 122 cm³/mol. The average molecular weight is 441 g/mol. The third-order valence-electron chi connectivity index (χ3n) is 4.78. The Balaban J connectivity index is 1.70. The summed E-state index contributed by atoms with van der Waals surface area (Å²) in [7, 11) is -3.73. The van der Waals surface area contributed by atoms with Crippen molar-refractivity contribution in [2.45, 2.75) is 20.0 Å². The average Bonchev–Trinajstić information content (AvgIpc) is 2.72. The molecule has 0 radical (unpaired) electrons. The first kappa shape index (κ1) is 22.3. The van der Waals surface area contributed by atoms with Crippen molar-refractivity contribution >= 4 is 44.0 Å². The number of nitrogens with zero attached hydrogens (tertiary/aromatic N) is 1. The number of para-hydroxylation sites is 1. The number of anilines is 2. The molecule has 0 aromatic heterocycles. The van der Waals surface area contributed by atoms with Gasteiger partial charge in [-0.25, -0.2) is 8.42 Å². The molecule has 0 aliphatic carbocycles. The van der Waals surface area contributed by atoms with Gasteiger partial charge in [0, 0.05) is 11.1 Å². The van der Waals surface area contributed by atoms with Crippen LogP contribution in [-0.2, 0) is 24.3 Å². The van der Waals surface area contributed by atoms with Crippen LogP contribution in [0.4, 0.5) is 11.4 Å². The van der Waals surface area contributed by atoms with Gasteiger partial charge in [-0.1, -0.05) is 54.6 Å². The SMILES string of the molecule is Cc1ccccc1N(CC(=O)OC(C)C(=O)Nc1cccc2ccccc12)S(C)(=O)=O. The Bertz CT molecular complexity index is 1220. The van der Waals surface area contributed by atoms with Crippen molar-refractivity contribution in [3.63, 3.8) is 0 Å². The van der Waals surface area contributed by atoms with Gasteiger partial charge >= 0.3 is 5.97 Å². The molecule has 0 fully saturated rings. The number of carbonyl (C=O) groups excluding carboxylic acids is 2. The highest BCUT2D eigenvalue weighted by Gasteiger charge is 2.25. The van der Waals surface area contributed by atoms with Crippen molar-refractivity contribution in [3.8, 4) is 0 Å². The van der Waals surface area contributed by atoms with Crippen LogP contribution in [0.1, 0.15) is 12.5 Å². The van der Waals surface area contributed by atoms with Gasteiger partial charge in [0.15, 0.2) is 6.10 Å². The summed E-state index contributed by atoms with van der Waals surface area (Å²) in [6.45, 7) is 2.66. The van der Waals surface area contributed by atoms with E-state index in [4.69, 9.17) is 4.74 Å². The summed E-state index contributed by atoms with van der Waals surface area (Å²) < 4.78 is 30.7. The van der Waals surface area contributed by atoms with Gasteiger partial charge in [0.25, 0.3) is 5.91 Å². The molecule has 8 heteroatoms. The molecule has 0 aliphatic heterocycles. The Morgan fingerprint density at radius 2 is 1.65 bits per heavy atom. The van der Waals surface area contributed by atoms with E-state index in [2.05, 4.69) is 5.32 Å². The number of carbonyl (C=O) groups is 2. The smallest absolute Gasteiger partial charge is 0.327 e. The molecule has 0 bridgehead atoms. The maximum Gasteiger partial charge on any atom is 0.327 e. The van der Waals surface area contributed by atoms with Gasteiger partial charge in [0.1, 0.15) is 6.54 Å². The Hall–Kier alpha value is -3.39. The fraction of sp³-hybridized carbons (Fsp3) is 0.217. The number of benzene rings is 3. The van der Waals surface area contributed by atoms with Gasteiger partial charge in [-0.15, -0.1) is 0 Å². The van der Waals surface area contributed by atoms with Crippen LogP contribution in [0.15, 0.2) is 66.7 Å². The third-order valence-corrected chi connectivity index (χ3v) is 5.91. The highest BCUT2D eigenvalue weighted by molar-refractivity contribution is 7.92. The summed E-state index contributed by atoms with van der Waals surface area (Å²) in [5.74, 6) is -1.33. The van der Waals surface area contributed by atoms with Crippen LogP contribution in [0.3, 0.4) is 0 Å². The lowest BCUT2D eigenvalue weighted by atomic mass is 10.1. The van der Waals surface area contributed by atoms with Crippen molar-refractivity contribution in [3.05, 3.63) is 72.3 Å². The van der Waals surface area contributed by atoms with Crippen LogP contribution >= 0.6 is 0 Å². The zero-order valence-electron chi connectivity index (χ0n) is 17.5. The van der Waals surface area contributed by atoms with Crippen molar-refractivity contribution in [2.75, 3.05) is 22.4 Å². The van der Waals surface area contributed by atoms with E-state index in [0.717, 1.165) is 21.3 Å². The minimum atomic E-state index is -3.73. The maximum atomic E-state index is 12.6. The maximum absolute atomic E-state index is 12.6. The molecule has 0 saturated heterocycles. The fourth-order valence-electron chi connectivity index (χ4n) is 3.20. The minimum Gasteiger partial charge on any atom is -0.451 e. The summed E-state index contributed by atoms with van der Waals surface area (Å²) >= 11 is 0. The zero-order chi connectivity index (χ0) is 22.6. The summed E-state index contributed by atoms with van der Waals surface area (Å²) in [5.41, 5.74) is 1.68. The molecule has 0 saturated carbocycles. The Morgan fingerprint density at radius 3 is 2.35 bits per heavy atom. The molecule has 162 valence electrons. The molecule has 1 atom stereocenters. The number of ether oxygens (including phenoxy) is 1. The van der Waals surface area contributed by atoms with Gasteiger partial charge < -0.3 is 10.1 Å². The molecule has 7 nitrogen and oxygen atoms in total. The van der Waals surface area contributed by atoms with E-state index in [1.54, 1.807) is 37.3 Å². The number of aryl methyl sites for hydroxylation is 1. The number of nitrogens with one attached hydrogen (secondary N) is 1. The summed E-state index contributed by atoms with van der Waals surface area (Å²) in [5, 5.41) is 4.59. The van der Waals surface area contributed by atoms with Gasteiger partial charge in [-0.2, -0.15) is 0 Å². The minimum absolute atomic E-state index is 0.384.